The van der Waals surface area contributed by atoms with Gasteiger partial charge in [-0.3, -0.25) is 5.10 Å². The third-order valence-electron chi connectivity index (χ3n) is 4.35. The normalized spacial score (nSPS) is 14.7. The second-order valence-corrected chi connectivity index (χ2v) is 7.34. The lowest BCUT2D eigenvalue weighted by Gasteiger charge is -2.19. The number of hydrogen-bond acceptors (Lipinski definition) is 4. The number of nitrogens with zero attached hydrogens (tertiary/aromatic N) is 3. The zero-order valence-electron chi connectivity index (χ0n) is 14.8. The fourth-order valence-corrected chi connectivity index (χ4v) is 3.13. The van der Waals surface area contributed by atoms with E-state index in [0.717, 1.165) is 32.0 Å². The molecule has 3 heterocycles. The molecule has 0 aliphatic carbocycles. The fraction of sp³-hybridized carbons (Fsp3) is 0.556. The maximum atomic E-state index is 4.51. The quantitative estimate of drug-likeness (QED) is 0.868. The van der Waals surface area contributed by atoms with Crippen LogP contribution in [-0.4, -0.2) is 28.3 Å². The van der Waals surface area contributed by atoms with Crippen molar-refractivity contribution in [3.63, 3.8) is 0 Å². The summed E-state index contributed by atoms with van der Waals surface area (Å²) in [6.07, 6.45) is 6.40. The second kappa shape index (κ2) is 7.99. The molecular weight excluding hydrogens is 322 g/mol. The van der Waals surface area contributed by atoms with E-state index in [4.69, 9.17) is 0 Å². The molecule has 0 atom stereocenters. The molecule has 1 saturated heterocycles. The molecule has 0 radical (unpaired) electrons. The fourth-order valence-electron chi connectivity index (χ4n) is 3.13. The van der Waals surface area contributed by atoms with Crippen molar-refractivity contribution in [1.82, 2.24) is 20.5 Å². The van der Waals surface area contributed by atoms with Crippen molar-refractivity contribution in [2.24, 2.45) is 0 Å². The minimum Gasteiger partial charge on any atom is -0.357 e. The lowest BCUT2D eigenvalue weighted by atomic mass is 9.89. The average Bonchev–Trinajstić information content (AvgIpc) is 3.18. The molecule has 2 aromatic rings. The van der Waals surface area contributed by atoms with E-state index in [0.29, 0.717) is 0 Å². The van der Waals surface area contributed by atoms with Crippen molar-refractivity contribution in [3.05, 3.63) is 41.3 Å². The van der Waals surface area contributed by atoms with Gasteiger partial charge in [0.1, 0.15) is 5.82 Å². The molecule has 0 spiro atoms. The lowest BCUT2D eigenvalue weighted by Crippen LogP contribution is -2.20. The van der Waals surface area contributed by atoms with E-state index >= 15 is 0 Å². The van der Waals surface area contributed by atoms with E-state index in [1.165, 1.54) is 29.7 Å². The Bertz CT molecular complexity index is 641. The summed E-state index contributed by atoms with van der Waals surface area (Å²) < 4.78 is 0. The third kappa shape index (κ3) is 4.48. The van der Waals surface area contributed by atoms with Crippen LogP contribution in [0.5, 0.6) is 0 Å². The van der Waals surface area contributed by atoms with Gasteiger partial charge in [0.2, 0.25) is 0 Å². The molecule has 0 aromatic carbocycles. The van der Waals surface area contributed by atoms with Gasteiger partial charge in [-0.2, -0.15) is 5.10 Å². The van der Waals surface area contributed by atoms with Crippen LogP contribution in [0, 0.1) is 0 Å². The van der Waals surface area contributed by atoms with Gasteiger partial charge in [0.05, 0.1) is 6.20 Å². The average molecular weight is 350 g/mol. The highest BCUT2D eigenvalue weighted by molar-refractivity contribution is 5.85. The Hall–Kier alpha value is -1.59. The number of rotatable bonds is 5. The summed E-state index contributed by atoms with van der Waals surface area (Å²) in [7, 11) is 0. The minimum atomic E-state index is 0. The summed E-state index contributed by atoms with van der Waals surface area (Å²) in [6.45, 7) is 10.5. The highest BCUT2D eigenvalue weighted by Gasteiger charge is 2.19. The topological polar surface area (TPSA) is 56.8 Å². The predicted octanol–water partition coefficient (Wildman–Crippen LogP) is 3.41. The second-order valence-electron chi connectivity index (χ2n) is 7.34. The van der Waals surface area contributed by atoms with E-state index in [2.05, 4.69) is 58.3 Å². The van der Waals surface area contributed by atoms with E-state index in [1.807, 2.05) is 12.4 Å². The van der Waals surface area contributed by atoms with Crippen LogP contribution in [0.3, 0.4) is 0 Å². The van der Waals surface area contributed by atoms with Crippen LogP contribution in [0.25, 0.3) is 0 Å². The Morgan fingerprint density at radius 2 is 1.96 bits per heavy atom. The van der Waals surface area contributed by atoms with Crippen molar-refractivity contribution >= 4 is 18.2 Å². The van der Waals surface area contributed by atoms with Crippen molar-refractivity contribution in [2.45, 2.75) is 52.1 Å². The molecule has 0 saturated carbocycles. The summed E-state index contributed by atoms with van der Waals surface area (Å²) in [6, 6.07) is 4.30. The van der Waals surface area contributed by atoms with Gasteiger partial charge in [0, 0.05) is 49.0 Å². The lowest BCUT2D eigenvalue weighted by molar-refractivity contribution is 0.553. The number of aromatic amines is 1. The first-order chi connectivity index (χ1) is 11.0. The van der Waals surface area contributed by atoms with Gasteiger partial charge in [0.15, 0.2) is 0 Å². The van der Waals surface area contributed by atoms with Gasteiger partial charge in [-0.1, -0.05) is 20.8 Å². The van der Waals surface area contributed by atoms with E-state index < -0.39 is 0 Å². The minimum absolute atomic E-state index is 0. The van der Waals surface area contributed by atoms with Crippen LogP contribution >= 0.6 is 12.4 Å². The molecule has 2 N–H and O–H groups in total. The molecule has 0 bridgehead atoms. The maximum Gasteiger partial charge on any atom is 0.128 e. The first kappa shape index (κ1) is 18.7. The Morgan fingerprint density at radius 1 is 1.21 bits per heavy atom. The van der Waals surface area contributed by atoms with Gasteiger partial charge in [0.25, 0.3) is 0 Å². The van der Waals surface area contributed by atoms with Gasteiger partial charge in [-0.25, -0.2) is 4.98 Å². The van der Waals surface area contributed by atoms with E-state index in [-0.39, 0.29) is 17.8 Å². The molecule has 132 valence electrons. The van der Waals surface area contributed by atoms with Gasteiger partial charge >= 0.3 is 0 Å². The van der Waals surface area contributed by atoms with Crippen molar-refractivity contribution in [1.29, 1.82) is 0 Å². The molecule has 3 rings (SSSR count). The Morgan fingerprint density at radius 3 is 2.67 bits per heavy atom. The SMILES string of the molecule is CC(C)(C)c1[nH]ncc1CNCc1ccnc(N2CCCC2)c1.Cl. The standard InChI is InChI=1S/C18H27N5.ClH/c1-18(2,3)17-15(13-21-22-17)12-19-11-14-6-7-20-16(10-14)23-8-4-5-9-23;/h6-7,10,13,19H,4-5,8-9,11-12H2,1-3H3,(H,21,22);1H. The van der Waals surface area contributed by atoms with Crippen LogP contribution in [-0.2, 0) is 18.5 Å². The number of pyridine rings is 1. The molecule has 2 aromatic heterocycles. The van der Waals surface area contributed by atoms with Crippen LogP contribution in [0.15, 0.2) is 24.5 Å². The number of aromatic nitrogens is 3. The predicted molar refractivity (Wildman–Crippen MR) is 101 cm³/mol. The molecule has 1 fully saturated rings. The van der Waals surface area contributed by atoms with Crippen LogP contribution in [0.2, 0.25) is 0 Å². The van der Waals surface area contributed by atoms with Gasteiger partial charge in [-0.05, 0) is 30.5 Å². The number of H-pyrrole nitrogens is 1. The highest BCUT2D eigenvalue weighted by Crippen LogP contribution is 2.23. The zero-order valence-corrected chi connectivity index (χ0v) is 15.6. The summed E-state index contributed by atoms with van der Waals surface area (Å²) in [5, 5.41) is 10.9. The maximum absolute atomic E-state index is 4.51. The van der Waals surface area contributed by atoms with Crippen molar-refractivity contribution in [3.8, 4) is 0 Å². The number of halogens is 1. The van der Waals surface area contributed by atoms with Crippen molar-refractivity contribution in [2.75, 3.05) is 18.0 Å². The molecular formula is C18H28ClN5. The zero-order chi connectivity index (χ0) is 16.3. The molecule has 5 nitrogen and oxygen atoms in total. The molecule has 1 aliphatic heterocycles. The molecule has 24 heavy (non-hydrogen) atoms. The summed E-state index contributed by atoms with van der Waals surface area (Å²) in [5.41, 5.74) is 3.82. The third-order valence-corrected chi connectivity index (χ3v) is 4.35. The monoisotopic (exact) mass is 349 g/mol. The number of hydrogen-bond donors (Lipinski definition) is 2. The highest BCUT2D eigenvalue weighted by atomic mass is 35.5. The molecule has 6 heteroatoms. The van der Waals surface area contributed by atoms with E-state index in [1.54, 1.807) is 0 Å². The van der Waals surface area contributed by atoms with Gasteiger partial charge in [-0.15, -0.1) is 12.4 Å². The Labute approximate surface area is 150 Å². The largest absolute Gasteiger partial charge is 0.357 e. The first-order valence-corrected chi connectivity index (χ1v) is 8.47. The van der Waals surface area contributed by atoms with Crippen LogP contribution in [0.4, 0.5) is 5.82 Å². The van der Waals surface area contributed by atoms with E-state index in [9.17, 15) is 0 Å². The molecule has 0 unspecified atom stereocenters. The number of nitrogens with one attached hydrogen (secondary N) is 2. The van der Waals surface area contributed by atoms with Crippen LogP contribution in [0.1, 0.15) is 50.4 Å². The summed E-state index contributed by atoms with van der Waals surface area (Å²) in [5.74, 6) is 1.11. The summed E-state index contributed by atoms with van der Waals surface area (Å²) >= 11 is 0. The van der Waals surface area contributed by atoms with Crippen molar-refractivity contribution < 1.29 is 0 Å². The van der Waals surface area contributed by atoms with Crippen LogP contribution < -0.4 is 10.2 Å². The Balaban J connectivity index is 0.00000208. The molecule has 0 amide bonds. The Kier molecular flexibility index (Phi) is 6.24. The van der Waals surface area contributed by atoms with Gasteiger partial charge < -0.3 is 10.2 Å². The first-order valence-electron chi connectivity index (χ1n) is 8.47. The molecule has 1 aliphatic rings. The summed E-state index contributed by atoms with van der Waals surface area (Å²) in [4.78, 5) is 6.88. The number of anilines is 1. The smallest absolute Gasteiger partial charge is 0.128 e.